The van der Waals surface area contributed by atoms with Gasteiger partial charge in [0.25, 0.3) is 0 Å². The zero-order valence-electron chi connectivity index (χ0n) is 11.0. The second-order valence-corrected chi connectivity index (χ2v) is 6.86. The Morgan fingerprint density at radius 3 is 2.74 bits per heavy atom. The van der Waals surface area contributed by atoms with Crippen molar-refractivity contribution in [3.05, 3.63) is 29.8 Å². The number of hydrogen-bond acceptors (Lipinski definition) is 3. The van der Waals surface area contributed by atoms with Crippen LogP contribution in [0.25, 0.3) is 0 Å². The second-order valence-electron chi connectivity index (χ2n) is 5.13. The molecule has 0 aromatic heterocycles. The molecule has 1 aromatic rings. The van der Waals surface area contributed by atoms with Crippen LogP contribution < -0.4 is 4.72 Å². The van der Waals surface area contributed by atoms with E-state index < -0.39 is 10.0 Å². The van der Waals surface area contributed by atoms with Crippen molar-refractivity contribution in [1.82, 2.24) is 4.72 Å². The highest BCUT2D eigenvalue weighted by molar-refractivity contribution is 7.89. The Hall–Kier alpha value is -1.38. The molecule has 4 nitrogen and oxygen atoms in total. The predicted molar refractivity (Wildman–Crippen MR) is 72.9 cm³/mol. The number of sulfonamides is 1. The highest BCUT2D eigenvalue weighted by Crippen LogP contribution is 2.30. The third-order valence-corrected chi connectivity index (χ3v) is 5.35. The molecule has 1 aliphatic rings. The van der Waals surface area contributed by atoms with Crippen LogP contribution in [-0.2, 0) is 10.0 Å². The van der Waals surface area contributed by atoms with Crippen molar-refractivity contribution in [1.29, 1.82) is 5.26 Å². The monoisotopic (exact) mass is 278 g/mol. The van der Waals surface area contributed by atoms with Crippen LogP contribution in [0.1, 0.15) is 31.7 Å². The zero-order valence-corrected chi connectivity index (χ0v) is 11.8. The minimum atomic E-state index is -3.59. The summed E-state index contributed by atoms with van der Waals surface area (Å²) in [5.74, 6) is 0.970. The van der Waals surface area contributed by atoms with Crippen LogP contribution in [0.2, 0.25) is 0 Å². The summed E-state index contributed by atoms with van der Waals surface area (Å²) < 4.78 is 27.1. The summed E-state index contributed by atoms with van der Waals surface area (Å²) in [4.78, 5) is 0.0724. The van der Waals surface area contributed by atoms with Gasteiger partial charge in [-0.15, -0.1) is 0 Å². The Morgan fingerprint density at radius 2 is 2.11 bits per heavy atom. The first-order chi connectivity index (χ1) is 9.04. The van der Waals surface area contributed by atoms with Gasteiger partial charge in [-0.1, -0.05) is 31.9 Å². The quantitative estimate of drug-likeness (QED) is 0.918. The number of nitrogens with one attached hydrogen (secondary N) is 1. The molecular formula is C14H18N2O2S. The minimum absolute atomic E-state index is 0.0724. The molecule has 1 fully saturated rings. The standard InChI is InChI=1S/C14H18N2O2S/c1-11-5-4-7-13(11)10-16-19(17,18)14-8-3-2-6-12(14)9-15/h2-3,6,8,11,13,16H,4-5,7,10H2,1H3. The third kappa shape index (κ3) is 3.14. The summed E-state index contributed by atoms with van der Waals surface area (Å²) >= 11 is 0. The molecule has 0 amide bonds. The molecule has 1 saturated carbocycles. The molecule has 2 atom stereocenters. The number of hydrogen-bond donors (Lipinski definition) is 1. The highest BCUT2D eigenvalue weighted by Gasteiger charge is 2.26. The summed E-state index contributed by atoms with van der Waals surface area (Å²) in [6.07, 6.45) is 3.41. The fourth-order valence-electron chi connectivity index (χ4n) is 2.61. The van der Waals surface area contributed by atoms with Gasteiger partial charge in [0.05, 0.1) is 10.5 Å². The average molecular weight is 278 g/mol. The van der Waals surface area contributed by atoms with Gasteiger partial charge in [0.1, 0.15) is 6.07 Å². The normalized spacial score (nSPS) is 23.2. The molecule has 0 radical (unpaired) electrons. The van der Waals surface area contributed by atoms with Gasteiger partial charge in [0.2, 0.25) is 10.0 Å². The maximum absolute atomic E-state index is 12.2. The summed E-state index contributed by atoms with van der Waals surface area (Å²) in [6, 6.07) is 8.21. The highest BCUT2D eigenvalue weighted by atomic mass is 32.2. The van der Waals surface area contributed by atoms with Gasteiger partial charge in [-0.2, -0.15) is 5.26 Å². The van der Waals surface area contributed by atoms with E-state index in [0.717, 1.165) is 6.42 Å². The SMILES string of the molecule is CC1CCCC1CNS(=O)(=O)c1ccccc1C#N. The van der Waals surface area contributed by atoms with Crippen molar-refractivity contribution in [2.24, 2.45) is 11.8 Å². The van der Waals surface area contributed by atoms with Gasteiger partial charge in [-0.05, 0) is 30.4 Å². The Bertz CT molecular complexity index is 590. The maximum atomic E-state index is 12.2. The van der Waals surface area contributed by atoms with E-state index in [0.29, 0.717) is 18.4 Å². The lowest BCUT2D eigenvalue weighted by atomic mass is 9.99. The fraction of sp³-hybridized carbons (Fsp3) is 0.500. The van der Waals surface area contributed by atoms with Gasteiger partial charge in [-0.3, -0.25) is 0 Å². The molecule has 0 spiro atoms. The first-order valence-corrected chi connectivity index (χ1v) is 8.01. The van der Waals surface area contributed by atoms with Gasteiger partial charge < -0.3 is 0 Å². The number of rotatable bonds is 4. The Morgan fingerprint density at radius 1 is 1.37 bits per heavy atom. The van der Waals surface area contributed by atoms with Crippen LogP contribution in [0, 0.1) is 23.2 Å². The lowest BCUT2D eigenvalue weighted by Crippen LogP contribution is -2.30. The minimum Gasteiger partial charge on any atom is -0.211 e. The Kier molecular flexibility index (Phi) is 4.23. The van der Waals surface area contributed by atoms with Crippen LogP contribution in [0.5, 0.6) is 0 Å². The number of nitrogens with zero attached hydrogens (tertiary/aromatic N) is 1. The first kappa shape index (κ1) is 14.0. The van der Waals surface area contributed by atoms with Crippen LogP contribution in [0.4, 0.5) is 0 Å². The predicted octanol–water partition coefficient (Wildman–Crippen LogP) is 2.27. The van der Waals surface area contributed by atoms with Crippen molar-refractivity contribution in [3.63, 3.8) is 0 Å². The molecule has 0 aliphatic heterocycles. The van der Waals surface area contributed by atoms with Crippen LogP contribution in [-0.4, -0.2) is 15.0 Å². The smallest absolute Gasteiger partial charge is 0.211 e. The van der Waals surface area contributed by atoms with Gasteiger partial charge >= 0.3 is 0 Å². The lowest BCUT2D eigenvalue weighted by Gasteiger charge is -2.16. The van der Waals surface area contributed by atoms with E-state index in [1.54, 1.807) is 12.1 Å². The van der Waals surface area contributed by atoms with Crippen LogP contribution >= 0.6 is 0 Å². The second kappa shape index (κ2) is 5.72. The lowest BCUT2D eigenvalue weighted by molar-refractivity contribution is 0.414. The van der Waals surface area contributed by atoms with Gasteiger partial charge in [0.15, 0.2) is 0 Å². The van der Waals surface area contributed by atoms with E-state index in [-0.39, 0.29) is 10.5 Å². The summed E-state index contributed by atoms with van der Waals surface area (Å²) in [7, 11) is -3.59. The summed E-state index contributed by atoms with van der Waals surface area (Å²) in [5.41, 5.74) is 0.189. The summed E-state index contributed by atoms with van der Waals surface area (Å²) in [6.45, 7) is 2.62. The molecule has 1 aromatic carbocycles. The maximum Gasteiger partial charge on any atom is 0.241 e. The third-order valence-electron chi connectivity index (χ3n) is 3.87. The van der Waals surface area contributed by atoms with Crippen molar-refractivity contribution < 1.29 is 8.42 Å². The van der Waals surface area contributed by atoms with Crippen LogP contribution in [0.15, 0.2) is 29.2 Å². The number of nitriles is 1. The van der Waals surface area contributed by atoms with Gasteiger partial charge in [-0.25, -0.2) is 13.1 Å². The molecule has 1 aliphatic carbocycles. The molecule has 0 heterocycles. The fourth-order valence-corrected chi connectivity index (χ4v) is 3.86. The molecule has 19 heavy (non-hydrogen) atoms. The van der Waals surface area contributed by atoms with Crippen LogP contribution in [0.3, 0.4) is 0 Å². The van der Waals surface area contributed by atoms with E-state index in [9.17, 15) is 8.42 Å². The van der Waals surface area contributed by atoms with Crippen molar-refractivity contribution in [2.75, 3.05) is 6.54 Å². The van der Waals surface area contributed by atoms with E-state index in [4.69, 9.17) is 5.26 Å². The zero-order chi connectivity index (χ0) is 13.9. The molecule has 0 bridgehead atoms. The van der Waals surface area contributed by atoms with E-state index >= 15 is 0 Å². The van der Waals surface area contributed by atoms with E-state index in [1.165, 1.54) is 25.0 Å². The molecule has 102 valence electrons. The topological polar surface area (TPSA) is 70.0 Å². The molecule has 5 heteroatoms. The van der Waals surface area contributed by atoms with Crippen molar-refractivity contribution in [2.45, 2.75) is 31.1 Å². The van der Waals surface area contributed by atoms with Crippen molar-refractivity contribution >= 4 is 10.0 Å². The molecular weight excluding hydrogens is 260 g/mol. The van der Waals surface area contributed by atoms with Gasteiger partial charge in [0, 0.05) is 6.54 Å². The molecule has 2 unspecified atom stereocenters. The molecule has 0 saturated heterocycles. The largest absolute Gasteiger partial charge is 0.241 e. The van der Waals surface area contributed by atoms with Crippen molar-refractivity contribution in [3.8, 4) is 6.07 Å². The Balaban J connectivity index is 2.12. The first-order valence-electron chi connectivity index (χ1n) is 6.53. The average Bonchev–Trinajstić information content (AvgIpc) is 2.82. The number of benzene rings is 1. The Labute approximate surface area is 114 Å². The summed E-state index contributed by atoms with van der Waals surface area (Å²) in [5, 5.41) is 8.96. The molecule has 1 N–H and O–H groups in total. The van der Waals surface area contributed by atoms with E-state index in [1.807, 2.05) is 6.07 Å². The van der Waals surface area contributed by atoms with E-state index in [2.05, 4.69) is 11.6 Å². The molecule has 2 rings (SSSR count).